The first-order valence-corrected chi connectivity index (χ1v) is 7.47. The lowest BCUT2D eigenvalue weighted by atomic mass is 10.1. The summed E-state index contributed by atoms with van der Waals surface area (Å²) < 4.78 is 60.7. The van der Waals surface area contributed by atoms with Crippen molar-refractivity contribution in [1.82, 2.24) is 9.78 Å². The van der Waals surface area contributed by atoms with Crippen LogP contribution in [0.1, 0.15) is 15.9 Å². The molecule has 0 unspecified atom stereocenters. The molecule has 0 aliphatic rings. The van der Waals surface area contributed by atoms with Gasteiger partial charge in [-0.25, -0.2) is 13.5 Å². The second kappa shape index (κ2) is 8.77. The van der Waals surface area contributed by atoms with Crippen LogP contribution in [-0.2, 0) is 22.8 Å². The van der Waals surface area contributed by atoms with E-state index in [-0.39, 0.29) is 18.9 Å². The quantitative estimate of drug-likeness (QED) is 0.684. The van der Waals surface area contributed by atoms with E-state index in [1.54, 1.807) is 6.20 Å². The lowest BCUT2D eigenvalue weighted by molar-refractivity contribution is -0.168. The minimum atomic E-state index is -4.21. The van der Waals surface area contributed by atoms with Crippen molar-refractivity contribution in [3.63, 3.8) is 0 Å². The first kappa shape index (κ1) is 19.9. The Hall–Kier alpha value is -2.46. The summed E-state index contributed by atoms with van der Waals surface area (Å²) in [6, 6.07) is 6.02. The average molecular weight is 375 g/mol. The van der Waals surface area contributed by atoms with Crippen molar-refractivity contribution in [3.8, 4) is 0 Å². The number of ether oxygens (including phenoxy) is 2. The van der Waals surface area contributed by atoms with Crippen LogP contribution in [0.4, 0.5) is 23.2 Å². The number of nitrogens with one attached hydrogen (secondary N) is 1. The lowest BCUT2D eigenvalue weighted by Gasteiger charge is -2.15. The highest BCUT2D eigenvalue weighted by atomic mass is 19.3. The van der Waals surface area contributed by atoms with Crippen molar-refractivity contribution in [2.24, 2.45) is 0 Å². The molecule has 0 bridgehead atoms. The fourth-order valence-electron chi connectivity index (χ4n) is 2.00. The van der Waals surface area contributed by atoms with Crippen molar-refractivity contribution in [2.75, 3.05) is 19.0 Å². The van der Waals surface area contributed by atoms with Crippen molar-refractivity contribution in [1.29, 1.82) is 0 Å². The molecule has 1 aromatic heterocycles. The van der Waals surface area contributed by atoms with Gasteiger partial charge in [-0.15, -0.1) is 0 Å². The number of carbonyl (C=O) groups excluding carboxylic acids is 1. The number of amides is 1. The molecule has 0 fully saturated rings. The van der Waals surface area contributed by atoms with Gasteiger partial charge in [0.15, 0.2) is 0 Å². The van der Waals surface area contributed by atoms with Crippen LogP contribution in [0.5, 0.6) is 0 Å². The Morgan fingerprint density at radius 2 is 2.15 bits per heavy atom. The van der Waals surface area contributed by atoms with Crippen LogP contribution >= 0.6 is 0 Å². The molecule has 26 heavy (non-hydrogen) atoms. The summed E-state index contributed by atoms with van der Waals surface area (Å²) in [5, 5.41) is 6.59. The molecule has 0 spiro atoms. The summed E-state index contributed by atoms with van der Waals surface area (Å²) in [6.45, 7) is -1.50. The van der Waals surface area contributed by atoms with Crippen LogP contribution in [0.15, 0.2) is 36.7 Å². The molecule has 0 atom stereocenters. The van der Waals surface area contributed by atoms with E-state index < -0.39 is 24.9 Å². The van der Waals surface area contributed by atoms with E-state index in [2.05, 4.69) is 15.2 Å². The Bertz CT molecular complexity index is 737. The molecule has 1 heterocycles. The summed E-state index contributed by atoms with van der Waals surface area (Å²) in [6.07, 6.45) is -0.782. The number of halogens is 4. The standard InChI is InChI=1S/C16H17F4N3O3/c1-25-10-23-7-13(6-21-23)22-14(24)12-4-2-3-11(5-12)8-26-9-16(19,20)15(17)18/h2-7,15H,8-10H2,1H3,(H,22,24). The zero-order chi connectivity index (χ0) is 19.2. The number of benzene rings is 1. The largest absolute Gasteiger partial charge is 0.370 e. The molecule has 1 aromatic carbocycles. The second-order valence-electron chi connectivity index (χ2n) is 5.40. The Morgan fingerprint density at radius 3 is 2.85 bits per heavy atom. The van der Waals surface area contributed by atoms with Gasteiger partial charge in [-0.1, -0.05) is 12.1 Å². The summed E-state index contributed by atoms with van der Waals surface area (Å²) in [4.78, 5) is 12.2. The van der Waals surface area contributed by atoms with Gasteiger partial charge in [-0.3, -0.25) is 4.79 Å². The van der Waals surface area contributed by atoms with E-state index in [4.69, 9.17) is 4.74 Å². The first-order chi connectivity index (χ1) is 12.3. The maximum Gasteiger partial charge on any atom is 0.330 e. The molecule has 142 valence electrons. The van der Waals surface area contributed by atoms with E-state index >= 15 is 0 Å². The van der Waals surface area contributed by atoms with Crippen molar-refractivity contribution in [3.05, 3.63) is 47.8 Å². The SMILES string of the molecule is COCn1cc(NC(=O)c2cccc(COCC(F)(F)C(F)F)c2)cn1. The number of rotatable bonds is 9. The summed E-state index contributed by atoms with van der Waals surface area (Å²) >= 11 is 0. The van der Waals surface area contributed by atoms with Crippen LogP contribution in [0.2, 0.25) is 0 Å². The Labute approximate surface area is 146 Å². The van der Waals surface area contributed by atoms with Gasteiger partial charge in [0.1, 0.15) is 13.3 Å². The van der Waals surface area contributed by atoms with Gasteiger partial charge < -0.3 is 14.8 Å². The van der Waals surface area contributed by atoms with Crippen LogP contribution < -0.4 is 5.32 Å². The molecule has 2 rings (SSSR count). The van der Waals surface area contributed by atoms with Gasteiger partial charge in [-0.2, -0.15) is 13.9 Å². The predicted octanol–water partition coefficient (Wildman–Crippen LogP) is 3.16. The number of hydrogen-bond acceptors (Lipinski definition) is 4. The minimum Gasteiger partial charge on any atom is -0.370 e. The van der Waals surface area contributed by atoms with E-state index in [9.17, 15) is 22.4 Å². The lowest BCUT2D eigenvalue weighted by Crippen LogP contribution is -2.32. The number of anilines is 1. The van der Waals surface area contributed by atoms with Crippen LogP contribution in [0.25, 0.3) is 0 Å². The second-order valence-corrected chi connectivity index (χ2v) is 5.40. The molecular formula is C16H17F4N3O3. The highest BCUT2D eigenvalue weighted by molar-refractivity contribution is 6.04. The minimum absolute atomic E-state index is 0.228. The molecular weight excluding hydrogens is 358 g/mol. The molecule has 2 aromatic rings. The third-order valence-corrected chi connectivity index (χ3v) is 3.22. The van der Waals surface area contributed by atoms with Gasteiger partial charge in [-0.05, 0) is 17.7 Å². The molecule has 0 saturated heterocycles. The highest BCUT2D eigenvalue weighted by Gasteiger charge is 2.40. The zero-order valence-corrected chi connectivity index (χ0v) is 13.8. The van der Waals surface area contributed by atoms with Crippen LogP contribution in [0.3, 0.4) is 0 Å². The van der Waals surface area contributed by atoms with E-state index in [0.29, 0.717) is 11.3 Å². The van der Waals surface area contributed by atoms with E-state index in [1.165, 1.54) is 42.3 Å². The smallest absolute Gasteiger partial charge is 0.330 e. The Morgan fingerprint density at radius 1 is 1.38 bits per heavy atom. The third-order valence-electron chi connectivity index (χ3n) is 3.22. The van der Waals surface area contributed by atoms with Crippen molar-refractivity contribution in [2.45, 2.75) is 25.7 Å². The first-order valence-electron chi connectivity index (χ1n) is 7.47. The highest BCUT2D eigenvalue weighted by Crippen LogP contribution is 2.23. The molecule has 1 amide bonds. The van der Waals surface area contributed by atoms with Gasteiger partial charge >= 0.3 is 12.3 Å². The number of hydrogen-bond donors (Lipinski definition) is 1. The third kappa shape index (κ3) is 5.53. The Kier molecular flexibility index (Phi) is 6.70. The van der Waals surface area contributed by atoms with E-state index in [0.717, 1.165) is 0 Å². The molecule has 0 aliphatic heterocycles. The predicted molar refractivity (Wildman–Crippen MR) is 84.2 cm³/mol. The number of carbonyl (C=O) groups is 1. The normalized spacial score (nSPS) is 11.8. The maximum atomic E-state index is 12.8. The average Bonchev–Trinajstić information content (AvgIpc) is 3.02. The van der Waals surface area contributed by atoms with Crippen molar-refractivity contribution >= 4 is 11.6 Å². The Balaban J connectivity index is 1.93. The summed E-state index contributed by atoms with van der Waals surface area (Å²) in [7, 11) is 1.50. The molecule has 1 N–H and O–H groups in total. The molecule has 0 saturated carbocycles. The van der Waals surface area contributed by atoms with Crippen LogP contribution in [-0.4, -0.2) is 41.8 Å². The maximum absolute atomic E-state index is 12.8. The molecule has 6 nitrogen and oxygen atoms in total. The number of aromatic nitrogens is 2. The summed E-state index contributed by atoms with van der Waals surface area (Å²) in [5.41, 5.74) is 1.11. The number of methoxy groups -OCH3 is 1. The number of alkyl halides is 4. The van der Waals surface area contributed by atoms with Gasteiger partial charge in [0.25, 0.3) is 5.91 Å². The molecule has 0 radical (unpaired) electrons. The topological polar surface area (TPSA) is 65.4 Å². The molecule has 10 heteroatoms. The van der Waals surface area contributed by atoms with Crippen LogP contribution in [0, 0.1) is 0 Å². The van der Waals surface area contributed by atoms with Crippen molar-refractivity contribution < 1.29 is 31.8 Å². The van der Waals surface area contributed by atoms with Gasteiger partial charge in [0.2, 0.25) is 0 Å². The summed E-state index contributed by atoms with van der Waals surface area (Å²) in [5.74, 6) is -4.65. The monoisotopic (exact) mass is 375 g/mol. The van der Waals surface area contributed by atoms with Gasteiger partial charge in [0, 0.05) is 12.7 Å². The molecule has 0 aliphatic carbocycles. The fourth-order valence-corrected chi connectivity index (χ4v) is 2.00. The zero-order valence-electron chi connectivity index (χ0n) is 13.8. The van der Waals surface area contributed by atoms with E-state index in [1.807, 2.05) is 0 Å². The van der Waals surface area contributed by atoms with Gasteiger partial charge in [0.05, 0.1) is 24.7 Å². The number of nitrogens with zero attached hydrogens (tertiary/aromatic N) is 2. The fraction of sp³-hybridized carbons (Fsp3) is 0.375.